The highest BCUT2D eigenvalue weighted by Gasteiger charge is 2.18. The highest BCUT2D eigenvalue weighted by atomic mass is 32.1. The molecule has 1 atom stereocenters. The minimum absolute atomic E-state index is 0.258. The van der Waals surface area contributed by atoms with Gasteiger partial charge in [0.1, 0.15) is 5.82 Å². The number of aromatic amines is 1. The van der Waals surface area contributed by atoms with Crippen molar-refractivity contribution in [1.82, 2.24) is 25.2 Å². The molecule has 0 amide bonds. The van der Waals surface area contributed by atoms with Crippen LogP contribution in [0.4, 0.5) is 0 Å². The lowest BCUT2D eigenvalue weighted by Gasteiger charge is -2.26. The van der Waals surface area contributed by atoms with Crippen LogP contribution in [0.2, 0.25) is 0 Å². The zero-order chi connectivity index (χ0) is 19.2. The molecule has 4 rings (SSSR count). The maximum Gasteiger partial charge on any atom is 0.169 e. The molecule has 0 radical (unpaired) electrons. The predicted molar refractivity (Wildman–Crippen MR) is 114 cm³/mol. The number of nitrogens with one attached hydrogen (secondary N) is 2. The molecule has 2 aromatic heterocycles. The average molecular weight is 396 g/mol. The summed E-state index contributed by atoms with van der Waals surface area (Å²) in [6.45, 7) is 3.09. The number of imidazole rings is 1. The molecule has 0 spiro atoms. The third kappa shape index (κ3) is 4.85. The zero-order valence-electron chi connectivity index (χ0n) is 15.8. The lowest BCUT2D eigenvalue weighted by molar-refractivity contribution is 0.113. The second-order valence-corrected chi connectivity index (χ2v) is 7.44. The smallest absolute Gasteiger partial charge is 0.169 e. The molecular weight excluding hydrogens is 370 g/mol. The van der Waals surface area contributed by atoms with Crippen molar-refractivity contribution in [3.05, 3.63) is 60.2 Å². The van der Waals surface area contributed by atoms with Gasteiger partial charge in [0, 0.05) is 45.1 Å². The Morgan fingerprint density at radius 2 is 2.21 bits per heavy atom. The van der Waals surface area contributed by atoms with E-state index >= 15 is 0 Å². The molecule has 2 N–H and O–H groups in total. The van der Waals surface area contributed by atoms with E-state index in [-0.39, 0.29) is 6.10 Å². The number of H-pyrrole nitrogens is 1. The summed E-state index contributed by atoms with van der Waals surface area (Å²) in [7, 11) is 0. The van der Waals surface area contributed by atoms with E-state index in [1.54, 1.807) is 6.20 Å². The summed E-state index contributed by atoms with van der Waals surface area (Å²) in [5.74, 6) is 0.972. The molecule has 1 aliphatic heterocycles. The molecule has 28 heavy (non-hydrogen) atoms. The standard InChI is InChI=1S/C21H25N5OS/c28-21(23-14-17-6-4-12-27-17)26(15-16-5-3-10-22-13-16)11-9-20-24-18-7-1-2-8-19(18)25-20/h1-3,5,7-8,10,13,17H,4,6,9,11-12,14-15H2,(H,23,28)(H,24,25)/t17-/m1/s1. The highest BCUT2D eigenvalue weighted by molar-refractivity contribution is 7.80. The number of thiocarbonyl (C=S) groups is 1. The molecular formula is C21H25N5OS. The van der Waals surface area contributed by atoms with Gasteiger partial charge in [-0.3, -0.25) is 4.98 Å². The van der Waals surface area contributed by atoms with Gasteiger partial charge in [0.15, 0.2) is 5.11 Å². The third-order valence-electron chi connectivity index (χ3n) is 4.95. The van der Waals surface area contributed by atoms with Gasteiger partial charge >= 0.3 is 0 Å². The van der Waals surface area contributed by atoms with Crippen molar-refractivity contribution < 1.29 is 4.74 Å². The van der Waals surface area contributed by atoms with Crippen LogP contribution in [0.5, 0.6) is 0 Å². The van der Waals surface area contributed by atoms with Gasteiger partial charge in [-0.25, -0.2) is 4.98 Å². The first-order valence-corrected chi connectivity index (χ1v) is 10.2. The fourth-order valence-electron chi connectivity index (χ4n) is 3.45. The highest BCUT2D eigenvalue weighted by Crippen LogP contribution is 2.13. The second-order valence-electron chi connectivity index (χ2n) is 7.05. The van der Waals surface area contributed by atoms with Gasteiger partial charge in [-0.15, -0.1) is 0 Å². The van der Waals surface area contributed by atoms with Crippen LogP contribution in [0.25, 0.3) is 11.0 Å². The Hall–Kier alpha value is -2.51. The first-order chi connectivity index (χ1) is 13.8. The Morgan fingerprint density at radius 1 is 1.29 bits per heavy atom. The van der Waals surface area contributed by atoms with Crippen molar-refractivity contribution in [3.63, 3.8) is 0 Å². The second kappa shape index (κ2) is 9.12. The number of pyridine rings is 1. The van der Waals surface area contributed by atoms with Gasteiger partial charge in [0.25, 0.3) is 0 Å². The largest absolute Gasteiger partial charge is 0.376 e. The number of rotatable bonds is 7. The van der Waals surface area contributed by atoms with E-state index in [0.29, 0.717) is 6.54 Å². The maximum absolute atomic E-state index is 5.70. The molecule has 3 aromatic rings. The van der Waals surface area contributed by atoms with Crippen LogP contribution >= 0.6 is 12.2 Å². The number of hydrogen-bond donors (Lipinski definition) is 2. The fraction of sp³-hybridized carbons (Fsp3) is 0.381. The van der Waals surface area contributed by atoms with Crippen LogP contribution in [0, 0.1) is 0 Å². The Bertz CT molecular complexity index is 874. The molecule has 146 valence electrons. The van der Waals surface area contributed by atoms with E-state index in [9.17, 15) is 0 Å². The molecule has 3 heterocycles. The first kappa shape index (κ1) is 18.8. The lowest BCUT2D eigenvalue weighted by Crippen LogP contribution is -2.43. The Morgan fingerprint density at radius 3 is 3.00 bits per heavy atom. The number of para-hydroxylation sites is 2. The van der Waals surface area contributed by atoms with E-state index in [2.05, 4.69) is 31.2 Å². The van der Waals surface area contributed by atoms with Crippen molar-refractivity contribution in [3.8, 4) is 0 Å². The van der Waals surface area contributed by atoms with Crippen LogP contribution in [0.3, 0.4) is 0 Å². The summed E-state index contributed by atoms with van der Waals surface area (Å²) in [5, 5.41) is 4.13. The monoisotopic (exact) mass is 395 g/mol. The minimum atomic E-state index is 0.258. The van der Waals surface area contributed by atoms with E-state index in [0.717, 1.165) is 66.5 Å². The maximum atomic E-state index is 5.70. The number of aromatic nitrogens is 3. The van der Waals surface area contributed by atoms with Crippen LogP contribution in [-0.4, -0.2) is 50.8 Å². The van der Waals surface area contributed by atoms with E-state index < -0.39 is 0 Å². The Labute approximate surface area is 170 Å². The normalized spacial score (nSPS) is 16.4. The van der Waals surface area contributed by atoms with Crippen molar-refractivity contribution in [2.24, 2.45) is 0 Å². The fourth-order valence-corrected chi connectivity index (χ4v) is 3.69. The molecule has 1 aromatic carbocycles. The van der Waals surface area contributed by atoms with Gasteiger partial charge < -0.3 is 19.9 Å². The zero-order valence-corrected chi connectivity index (χ0v) is 16.6. The summed E-state index contributed by atoms with van der Waals surface area (Å²) in [6.07, 6.45) is 6.94. The van der Waals surface area contributed by atoms with E-state index in [4.69, 9.17) is 17.0 Å². The lowest BCUT2D eigenvalue weighted by atomic mass is 10.2. The van der Waals surface area contributed by atoms with E-state index in [1.807, 2.05) is 36.5 Å². The molecule has 0 bridgehead atoms. The Kier molecular flexibility index (Phi) is 6.14. The molecule has 0 unspecified atom stereocenters. The van der Waals surface area contributed by atoms with Gasteiger partial charge in [-0.1, -0.05) is 18.2 Å². The third-order valence-corrected chi connectivity index (χ3v) is 5.35. The summed E-state index contributed by atoms with van der Waals surface area (Å²) < 4.78 is 5.70. The van der Waals surface area contributed by atoms with Gasteiger partial charge in [0.2, 0.25) is 0 Å². The van der Waals surface area contributed by atoms with Crippen LogP contribution in [0.1, 0.15) is 24.2 Å². The Balaban J connectivity index is 1.41. The predicted octanol–water partition coefficient (Wildman–Crippen LogP) is 3.06. The number of nitrogens with zero attached hydrogens (tertiary/aromatic N) is 3. The topological polar surface area (TPSA) is 66.1 Å². The summed E-state index contributed by atoms with van der Waals surface area (Å²) >= 11 is 5.70. The summed E-state index contributed by atoms with van der Waals surface area (Å²) in [5.41, 5.74) is 3.19. The minimum Gasteiger partial charge on any atom is -0.376 e. The quantitative estimate of drug-likeness (QED) is 0.600. The van der Waals surface area contributed by atoms with Crippen molar-refractivity contribution >= 4 is 28.4 Å². The number of ether oxygens (including phenoxy) is 1. The number of hydrogen-bond acceptors (Lipinski definition) is 4. The van der Waals surface area contributed by atoms with Crippen molar-refractivity contribution in [1.29, 1.82) is 0 Å². The van der Waals surface area contributed by atoms with Crippen molar-refractivity contribution in [2.75, 3.05) is 19.7 Å². The molecule has 1 aliphatic rings. The van der Waals surface area contributed by atoms with Gasteiger partial charge in [-0.2, -0.15) is 0 Å². The molecule has 0 aliphatic carbocycles. The van der Waals surface area contributed by atoms with Crippen LogP contribution in [-0.2, 0) is 17.7 Å². The number of benzene rings is 1. The molecule has 1 saturated heterocycles. The van der Waals surface area contributed by atoms with Crippen molar-refractivity contribution in [2.45, 2.75) is 31.9 Å². The molecule has 0 saturated carbocycles. The van der Waals surface area contributed by atoms with Gasteiger partial charge in [0.05, 0.1) is 17.1 Å². The van der Waals surface area contributed by atoms with Crippen LogP contribution < -0.4 is 5.32 Å². The van der Waals surface area contributed by atoms with E-state index in [1.165, 1.54) is 0 Å². The van der Waals surface area contributed by atoms with Gasteiger partial charge in [-0.05, 0) is 48.8 Å². The molecule has 7 heteroatoms. The SMILES string of the molecule is S=C(NC[C@H]1CCCO1)N(CCc1nc2ccccc2[nH]1)Cc1cccnc1. The molecule has 1 fully saturated rings. The summed E-state index contributed by atoms with van der Waals surface area (Å²) in [4.78, 5) is 14.5. The molecule has 6 nitrogen and oxygen atoms in total. The summed E-state index contributed by atoms with van der Waals surface area (Å²) in [6, 6.07) is 12.1. The number of fused-ring (bicyclic) bond motifs is 1. The average Bonchev–Trinajstić information content (AvgIpc) is 3.39. The van der Waals surface area contributed by atoms with Crippen LogP contribution in [0.15, 0.2) is 48.8 Å². The first-order valence-electron chi connectivity index (χ1n) is 9.75.